The van der Waals surface area contributed by atoms with Crippen molar-refractivity contribution >= 4 is 33.2 Å². The molecule has 21 heavy (non-hydrogen) atoms. The number of halogens is 3. The summed E-state index contributed by atoms with van der Waals surface area (Å²) in [6.07, 6.45) is 0. The third-order valence-corrected chi connectivity index (χ3v) is 3.87. The summed E-state index contributed by atoms with van der Waals surface area (Å²) >= 11 is 9.34. The number of ether oxygens (including phenoxy) is 2. The number of benzene rings is 2. The third kappa shape index (κ3) is 3.80. The number of hydrogen-bond donors (Lipinski definition) is 1. The molecule has 2 rings (SSSR count). The highest BCUT2D eigenvalue weighted by molar-refractivity contribution is 9.10. The summed E-state index contributed by atoms with van der Waals surface area (Å²) < 4.78 is 24.3. The summed E-state index contributed by atoms with van der Waals surface area (Å²) in [5.41, 5.74) is 1.53. The molecule has 0 heterocycles. The predicted molar refractivity (Wildman–Crippen MR) is 86.0 cm³/mol. The van der Waals surface area contributed by atoms with Crippen molar-refractivity contribution in [2.24, 2.45) is 0 Å². The van der Waals surface area contributed by atoms with E-state index in [-0.39, 0.29) is 0 Å². The lowest BCUT2D eigenvalue weighted by Gasteiger charge is -2.14. The summed E-state index contributed by atoms with van der Waals surface area (Å²) in [6.45, 7) is 0.463. The van der Waals surface area contributed by atoms with Crippen LogP contribution in [0, 0.1) is 5.82 Å². The Morgan fingerprint density at radius 2 is 1.95 bits per heavy atom. The number of methoxy groups -OCH3 is 2. The largest absolute Gasteiger partial charge is 0.497 e. The molecule has 1 N–H and O–H groups in total. The summed E-state index contributed by atoms with van der Waals surface area (Å²) in [5.74, 6) is 1.07. The van der Waals surface area contributed by atoms with Crippen LogP contribution in [0.2, 0.25) is 5.02 Å². The van der Waals surface area contributed by atoms with Gasteiger partial charge in [-0.3, -0.25) is 0 Å². The molecule has 0 unspecified atom stereocenters. The van der Waals surface area contributed by atoms with Crippen molar-refractivity contribution in [3.63, 3.8) is 0 Å². The Hall–Kier alpha value is -1.46. The lowest BCUT2D eigenvalue weighted by atomic mass is 10.2. The quantitative estimate of drug-likeness (QED) is 0.810. The number of nitrogens with one attached hydrogen (secondary N) is 1. The molecule has 0 aliphatic carbocycles. The van der Waals surface area contributed by atoms with Crippen LogP contribution in [0.1, 0.15) is 5.56 Å². The first-order chi connectivity index (χ1) is 10.0. The first kappa shape index (κ1) is 15.9. The van der Waals surface area contributed by atoms with Gasteiger partial charge < -0.3 is 14.8 Å². The normalized spacial score (nSPS) is 10.3. The van der Waals surface area contributed by atoms with Gasteiger partial charge in [0.25, 0.3) is 0 Å². The van der Waals surface area contributed by atoms with Crippen LogP contribution in [0.3, 0.4) is 0 Å². The van der Waals surface area contributed by atoms with E-state index in [1.807, 2.05) is 18.2 Å². The Kier molecular flexibility index (Phi) is 5.31. The van der Waals surface area contributed by atoms with E-state index in [9.17, 15) is 4.39 Å². The molecule has 0 saturated heterocycles. The topological polar surface area (TPSA) is 30.5 Å². The Labute approximate surface area is 136 Å². The lowest BCUT2D eigenvalue weighted by Crippen LogP contribution is -2.03. The van der Waals surface area contributed by atoms with E-state index < -0.39 is 5.82 Å². The van der Waals surface area contributed by atoms with Gasteiger partial charge in [0.2, 0.25) is 0 Å². The fraction of sp³-hybridized carbons (Fsp3) is 0.200. The van der Waals surface area contributed by atoms with E-state index in [0.717, 1.165) is 17.1 Å². The third-order valence-electron chi connectivity index (χ3n) is 2.95. The molecule has 2 aromatic rings. The highest BCUT2D eigenvalue weighted by Crippen LogP contribution is 2.33. The monoisotopic (exact) mass is 373 g/mol. The van der Waals surface area contributed by atoms with E-state index in [1.54, 1.807) is 14.2 Å². The molecule has 0 spiro atoms. The molecule has 3 nitrogen and oxygen atoms in total. The zero-order valence-electron chi connectivity index (χ0n) is 11.5. The van der Waals surface area contributed by atoms with Gasteiger partial charge in [-0.2, -0.15) is 0 Å². The Bertz CT molecular complexity index is 629. The summed E-state index contributed by atoms with van der Waals surface area (Å²) in [7, 11) is 3.21. The van der Waals surface area contributed by atoms with Gasteiger partial charge in [0.15, 0.2) is 0 Å². The van der Waals surface area contributed by atoms with Crippen molar-refractivity contribution in [3.8, 4) is 11.5 Å². The van der Waals surface area contributed by atoms with Gasteiger partial charge in [-0.25, -0.2) is 4.39 Å². The minimum absolute atomic E-state index is 0.309. The van der Waals surface area contributed by atoms with Gasteiger partial charge in [-0.1, -0.05) is 11.6 Å². The van der Waals surface area contributed by atoms with Crippen molar-refractivity contribution in [1.82, 2.24) is 0 Å². The van der Waals surface area contributed by atoms with Crippen LogP contribution in [0.4, 0.5) is 10.1 Å². The smallest absolute Gasteiger partial charge is 0.125 e. The van der Waals surface area contributed by atoms with E-state index in [1.165, 1.54) is 12.1 Å². The van der Waals surface area contributed by atoms with E-state index in [2.05, 4.69) is 21.2 Å². The zero-order chi connectivity index (χ0) is 15.4. The second-order valence-corrected chi connectivity index (χ2v) is 5.54. The Morgan fingerprint density at radius 3 is 2.57 bits per heavy atom. The number of anilines is 1. The maximum absolute atomic E-state index is 13.2. The molecule has 6 heteroatoms. The van der Waals surface area contributed by atoms with Gasteiger partial charge in [-0.05, 0) is 46.3 Å². The van der Waals surface area contributed by atoms with E-state index in [0.29, 0.717) is 21.7 Å². The zero-order valence-corrected chi connectivity index (χ0v) is 13.9. The van der Waals surface area contributed by atoms with Gasteiger partial charge in [-0.15, -0.1) is 0 Å². The van der Waals surface area contributed by atoms with Gasteiger partial charge >= 0.3 is 0 Å². The molecule has 0 saturated carbocycles. The fourth-order valence-corrected chi connectivity index (χ4v) is 2.87. The maximum atomic E-state index is 13.2. The summed E-state index contributed by atoms with van der Waals surface area (Å²) in [6, 6.07) is 8.14. The van der Waals surface area contributed by atoms with Gasteiger partial charge in [0.05, 0.1) is 24.9 Å². The Balaban J connectivity index is 2.24. The molecule has 0 radical (unpaired) electrons. The standard InChI is InChI=1S/C15H14BrClFNO2/c1-20-11-3-4-14(21-2)9(5-11)8-19-15-12(16)6-10(18)7-13(15)17/h3-7,19H,8H2,1-2H3. The molecular weight excluding hydrogens is 361 g/mol. The fourth-order valence-electron chi connectivity index (χ4n) is 1.91. The van der Waals surface area contributed by atoms with Crippen LogP contribution in [-0.2, 0) is 6.54 Å². The minimum atomic E-state index is -0.392. The van der Waals surface area contributed by atoms with Gasteiger partial charge in [0.1, 0.15) is 17.3 Å². The molecule has 0 amide bonds. The van der Waals surface area contributed by atoms with Crippen molar-refractivity contribution in [2.75, 3.05) is 19.5 Å². The van der Waals surface area contributed by atoms with Crippen LogP contribution >= 0.6 is 27.5 Å². The maximum Gasteiger partial charge on any atom is 0.125 e. The SMILES string of the molecule is COc1ccc(OC)c(CNc2c(Cl)cc(F)cc2Br)c1. The molecule has 0 aromatic heterocycles. The van der Waals surface area contributed by atoms with Crippen LogP contribution < -0.4 is 14.8 Å². The van der Waals surface area contributed by atoms with E-state index in [4.69, 9.17) is 21.1 Å². The van der Waals surface area contributed by atoms with E-state index >= 15 is 0 Å². The first-order valence-electron chi connectivity index (χ1n) is 6.14. The highest BCUT2D eigenvalue weighted by atomic mass is 79.9. The average molecular weight is 375 g/mol. The van der Waals surface area contributed by atoms with Crippen LogP contribution in [0.15, 0.2) is 34.8 Å². The predicted octanol–water partition coefficient (Wildman–Crippen LogP) is 4.87. The molecular formula is C15H14BrClFNO2. The average Bonchev–Trinajstić information content (AvgIpc) is 2.45. The molecule has 0 bridgehead atoms. The molecule has 0 aliphatic heterocycles. The molecule has 0 fully saturated rings. The second kappa shape index (κ2) is 7.00. The molecule has 112 valence electrons. The second-order valence-electron chi connectivity index (χ2n) is 4.28. The van der Waals surface area contributed by atoms with Crippen molar-refractivity contribution < 1.29 is 13.9 Å². The summed E-state index contributed by atoms with van der Waals surface area (Å²) in [4.78, 5) is 0. The first-order valence-corrected chi connectivity index (χ1v) is 7.31. The molecule has 0 aliphatic rings. The number of rotatable bonds is 5. The van der Waals surface area contributed by atoms with Gasteiger partial charge in [0, 0.05) is 16.6 Å². The van der Waals surface area contributed by atoms with Crippen molar-refractivity contribution in [2.45, 2.75) is 6.54 Å². The van der Waals surface area contributed by atoms with Crippen LogP contribution in [-0.4, -0.2) is 14.2 Å². The van der Waals surface area contributed by atoms with Crippen molar-refractivity contribution in [1.29, 1.82) is 0 Å². The highest BCUT2D eigenvalue weighted by Gasteiger charge is 2.10. The molecule has 0 atom stereocenters. The lowest BCUT2D eigenvalue weighted by molar-refractivity contribution is 0.399. The van der Waals surface area contributed by atoms with Crippen molar-refractivity contribution in [3.05, 3.63) is 51.2 Å². The minimum Gasteiger partial charge on any atom is -0.497 e. The molecule has 2 aromatic carbocycles. The number of hydrogen-bond acceptors (Lipinski definition) is 3. The Morgan fingerprint density at radius 1 is 1.19 bits per heavy atom. The van der Waals surface area contributed by atoms with Crippen LogP contribution in [0.25, 0.3) is 0 Å². The summed E-state index contributed by atoms with van der Waals surface area (Å²) in [5, 5.41) is 3.48. The van der Waals surface area contributed by atoms with Crippen LogP contribution in [0.5, 0.6) is 11.5 Å².